The van der Waals surface area contributed by atoms with Gasteiger partial charge in [0.15, 0.2) is 0 Å². The van der Waals surface area contributed by atoms with Crippen molar-refractivity contribution < 1.29 is 9.84 Å². The van der Waals surface area contributed by atoms with Gasteiger partial charge in [0.05, 0.1) is 7.11 Å². The summed E-state index contributed by atoms with van der Waals surface area (Å²) in [5.41, 5.74) is 6.10. The van der Waals surface area contributed by atoms with Gasteiger partial charge in [0.25, 0.3) is 0 Å². The zero-order valence-corrected chi connectivity index (χ0v) is 17.4. The lowest BCUT2D eigenvalue weighted by molar-refractivity contribution is 0.147. The third kappa shape index (κ3) is 4.12. The summed E-state index contributed by atoms with van der Waals surface area (Å²) in [5.74, 6) is 2.42. The van der Waals surface area contributed by atoms with Crippen molar-refractivity contribution in [3.63, 3.8) is 0 Å². The van der Waals surface area contributed by atoms with Gasteiger partial charge in [-0.15, -0.1) is 0 Å². The Balaban J connectivity index is 1.38. The molecule has 2 aliphatic rings. The molecular formula is C26H34O2. The van der Waals surface area contributed by atoms with Gasteiger partial charge in [0.1, 0.15) is 5.75 Å². The van der Waals surface area contributed by atoms with E-state index in [2.05, 4.69) is 43.3 Å². The molecule has 1 fully saturated rings. The number of methoxy groups -OCH3 is 1. The van der Waals surface area contributed by atoms with Crippen molar-refractivity contribution in [2.75, 3.05) is 13.7 Å². The summed E-state index contributed by atoms with van der Waals surface area (Å²) in [7, 11) is 1.76. The standard InChI is InChI=1S/C26H34O2/c1-26(18-27)14-13-24(17-26)23-12-11-21-15-19(8-10-22(21)16-23)7-9-20-5-3-4-6-25(20)28-2/h3-6,11-12,16,19,24,27H,7-10,13-15,17-18H2,1-2H3/t19-,24-,26-/m0/s1. The second-order valence-electron chi connectivity index (χ2n) is 9.40. The first-order chi connectivity index (χ1) is 13.6. The SMILES string of the molecule is COc1ccccc1CC[C@H]1CCc2cc([C@H]3CC[C@](C)(CO)C3)ccc2C1. The molecule has 0 amide bonds. The van der Waals surface area contributed by atoms with Gasteiger partial charge in [-0.2, -0.15) is 0 Å². The van der Waals surface area contributed by atoms with Crippen molar-refractivity contribution in [2.24, 2.45) is 11.3 Å². The van der Waals surface area contributed by atoms with Gasteiger partial charge in [-0.05, 0) is 96.9 Å². The third-order valence-corrected chi connectivity index (χ3v) is 7.26. The van der Waals surface area contributed by atoms with E-state index in [-0.39, 0.29) is 5.41 Å². The van der Waals surface area contributed by atoms with Gasteiger partial charge in [0, 0.05) is 6.61 Å². The normalized spacial score (nSPS) is 26.8. The van der Waals surface area contributed by atoms with Crippen LogP contribution >= 0.6 is 0 Å². The summed E-state index contributed by atoms with van der Waals surface area (Å²) in [5, 5.41) is 9.67. The van der Waals surface area contributed by atoms with Gasteiger partial charge in [-0.1, -0.05) is 43.3 Å². The Bertz CT molecular complexity index is 812. The van der Waals surface area contributed by atoms with Crippen LogP contribution in [0.3, 0.4) is 0 Å². The molecule has 0 aliphatic heterocycles. The topological polar surface area (TPSA) is 29.5 Å². The quantitative estimate of drug-likeness (QED) is 0.699. The van der Waals surface area contributed by atoms with E-state index < -0.39 is 0 Å². The Hall–Kier alpha value is -1.80. The summed E-state index contributed by atoms with van der Waals surface area (Å²) in [6.45, 7) is 2.56. The summed E-state index contributed by atoms with van der Waals surface area (Å²) in [4.78, 5) is 0. The number of hydrogen-bond donors (Lipinski definition) is 1. The number of aryl methyl sites for hydroxylation is 2. The number of benzene rings is 2. The predicted molar refractivity (Wildman–Crippen MR) is 115 cm³/mol. The summed E-state index contributed by atoms with van der Waals surface area (Å²) in [6.07, 6.45) is 9.55. The molecule has 0 saturated heterocycles. The van der Waals surface area contributed by atoms with E-state index in [1.54, 1.807) is 18.2 Å². The van der Waals surface area contributed by atoms with Crippen molar-refractivity contribution in [3.8, 4) is 5.75 Å². The van der Waals surface area contributed by atoms with Crippen molar-refractivity contribution in [3.05, 3.63) is 64.7 Å². The van der Waals surface area contributed by atoms with E-state index in [0.29, 0.717) is 12.5 Å². The molecule has 28 heavy (non-hydrogen) atoms. The molecule has 0 heterocycles. The van der Waals surface area contributed by atoms with Gasteiger partial charge in [-0.3, -0.25) is 0 Å². The van der Waals surface area contributed by atoms with E-state index in [4.69, 9.17) is 4.74 Å². The number of rotatable bonds is 6. The third-order valence-electron chi connectivity index (χ3n) is 7.26. The molecule has 2 aromatic rings. The summed E-state index contributed by atoms with van der Waals surface area (Å²) < 4.78 is 5.51. The Kier molecular flexibility index (Phi) is 5.78. The number of aliphatic hydroxyl groups excluding tert-OH is 1. The Morgan fingerprint density at radius 3 is 2.75 bits per heavy atom. The van der Waals surface area contributed by atoms with E-state index in [0.717, 1.165) is 30.9 Å². The molecule has 2 heteroatoms. The zero-order valence-electron chi connectivity index (χ0n) is 17.4. The number of ether oxygens (including phenoxy) is 1. The maximum absolute atomic E-state index is 9.67. The highest BCUT2D eigenvalue weighted by molar-refractivity contribution is 5.37. The highest BCUT2D eigenvalue weighted by atomic mass is 16.5. The van der Waals surface area contributed by atoms with Crippen LogP contribution in [0.5, 0.6) is 5.75 Å². The van der Waals surface area contributed by atoms with Crippen LogP contribution in [0, 0.1) is 11.3 Å². The zero-order chi connectivity index (χ0) is 19.6. The Morgan fingerprint density at radius 1 is 1.11 bits per heavy atom. The minimum atomic E-state index is 0.129. The lowest BCUT2D eigenvalue weighted by Gasteiger charge is -2.26. The van der Waals surface area contributed by atoms with E-state index in [1.165, 1.54) is 43.2 Å². The van der Waals surface area contributed by atoms with Crippen LogP contribution in [0.15, 0.2) is 42.5 Å². The number of hydrogen-bond acceptors (Lipinski definition) is 2. The Morgan fingerprint density at radius 2 is 1.96 bits per heavy atom. The molecule has 4 rings (SSSR count). The fourth-order valence-corrected chi connectivity index (χ4v) is 5.37. The first-order valence-electron chi connectivity index (χ1n) is 10.9. The maximum atomic E-state index is 9.67. The molecule has 2 aliphatic carbocycles. The highest BCUT2D eigenvalue weighted by Crippen LogP contribution is 2.46. The average Bonchev–Trinajstić information content (AvgIpc) is 3.14. The molecule has 0 radical (unpaired) electrons. The summed E-state index contributed by atoms with van der Waals surface area (Å²) >= 11 is 0. The maximum Gasteiger partial charge on any atom is 0.122 e. The van der Waals surface area contributed by atoms with E-state index in [9.17, 15) is 5.11 Å². The van der Waals surface area contributed by atoms with Crippen LogP contribution in [0.4, 0.5) is 0 Å². The minimum Gasteiger partial charge on any atom is -0.496 e. The first-order valence-corrected chi connectivity index (χ1v) is 10.9. The van der Waals surface area contributed by atoms with E-state index >= 15 is 0 Å². The van der Waals surface area contributed by atoms with Gasteiger partial charge in [0.2, 0.25) is 0 Å². The van der Waals surface area contributed by atoms with Crippen LogP contribution in [0.1, 0.15) is 67.2 Å². The van der Waals surface area contributed by atoms with Crippen molar-refractivity contribution >= 4 is 0 Å². The fourth-order valence-electron chi connectivity index (χ4n) is 5.37. The molecule has 2 aromatic carbocycles. The monoisotopic (exact) mass is 378 g/mol. The van der Waals surface area contributed by atoms with Crippen LogP contribution in [-0.2, 0) is 19.3 Å². The van der Waals surface area contributed by atoms with Gasteiger partial charge >= 0.3 is 0 Å². The van der Waals surface area contributed by atoms with Crippen molar-refractivity contribution in [1.82, 2.24) is 0 Å². The molecule has 150 valence electrons. The smallest absolute Gasteiger partial charge is 0.122 e. The highest BCUT2D eigenvalue weighted by Gasteiger charge is 2.35. The molecule has 0 unspecified atom stereocenters. The lowest BCUT2D eigenvalue weighted by atomic mass is 9.79. The number of fused-ring (bicyclic) bond motifs is 1. The van der Waals surface area contributed by atoms with Crippen LogP contribution in [0.25, 0.3) is 0 Å². The van der Waals surface area contributed by atoms with Crippen LogP contribution in [-0.4, -0.2) is 18.8 Å². The largest absolute Gasteiger partial charge is 0.496 e. The molecule has 0 spiro atoms. The minimum absolute atomic E-state index is 0.129. The van der Waals surface area contributed by atoms with Gasteiger partial charge < -0.3 is 9.84 Å². The van der Waals surface area contributed by atoms with Crippen LogP contribution in [0.2, 0.25) is 0 Å². The molecule has 3 atom stereocenters. The molecular weight excluding hydrogens is 344 g/mol. The summed E-state index contributed by atoms with van der Waals surface area (Å²) in [6, 6.07) is 15.7. The molecule has 1 N–H and O–H groups in total. The predicted octanol–water partition coefficient (Wildman–Crippen LogP) is 5.70. The lowest BCUT2D eigenvalue weighted by Crippen LogP contribution is -2.17. The molecule has 2 nitrogen and oxygen atoms in total. The molecule has 1 saturated carbocycles. The second kappa shape index (κ2) is 8.29. The average molecular weight is 379 g/mol. The van der Waals surface area contributed by atoms with Crippen molar-refractivity contribution in [2.45, 2.75) is 64.2 Å². The fraction of sp³-hybridized carbons (Fsp3) is 0.538. The Labute approximate surface area is 169 Å². The number of para-hydroxylation sites is 1. The molecule has 0 aromatic heterocycles. The van der Waals surface area contributed by atoms with Crippen molar-refractivity contribution in [1.29, 1.82) is 0 Å². The second-order valence-corrected chi connectivity index (χ2v) is 9.40. The first kappa shape index (κ1) is 19.5. The van der Waals surface area contributed by atoms with E-state index in [1.807, 2.05) is 6.07 Å². The number of aliphatic hydroxyl groups is 1. The van der Waals surface area contributed by atoms with Gasteiger partial charge in [-0.25, -0.2) is 0 Å². The van der Waals surface area contributed by atoms with Crippen LogP contribution < -0.4 is 4.74 Å². The molecule has 0 bridgehead atoms.